The molecule has 194 valence electrons. The molecule has 1 N–H and O–H groups in total. The van der Waals surface area contributed by atoms with Crippen molar-refractivity contribution in [3.05, 3.63) is 0 Å². The number of hydrogen-bond acceptors (Lipinski definition) is 6. The van der Waals surface area contributed by atoms with E-state index in [9.17, 15) is 22.6 Å². The lowest BCUT2D eigenvalue weighted by molar-refractivity contribution is -0.159. The van der Waals surface area contributed by atoms with Crippen LogP contribution in [0.3, 0.4) is 0 Å². The molecule has 1 aliphatic rings. The molecule has 0 aromatic carbocycles. The SMILES string of the molecule is CCCCOC(=O)C(CC(C)C1CCC(S(=O)(=O)O)CC1)CC(C)(CC)C(=O)OCCCC. The molecule has 0 aromatic heterocycles. The Labute approximate surface area is 201 Å². The Hall–Kier alpha value is -1.15. The fourth-order valence-corrected chi connectivity index (χ4v) is 5.56. The van der Waals surface area contributed by atoms with E-state index in [2.05, 4.69) is 6.92 Å². The van der Waals surface area contributed by atoms with Gasteiger partial charge in [-0.2, -0.15) is 8.42 Å². The summed E-state index contributed by atoms with van der Waals surface area (Å²) in [4.78, 5) is 25.9. The minimum absolute atomic E-state index is 0.174. The molecule has 0 saturated heterocycles. The van der Waals surface area contributed by atoms with E-state index in [1.807, 2.05) is 27.7 Å². The molecule has 0 spiro atoms. The highest BCUT2D eigenvalue weighted by molar-refractivity contribution is 7.86. The first kappa shape index (κ1) is 29.9. The summed E-state index contributed by atoms with van der Waals surface area (Å²) >= 11 is 0. The van der Waals surface area contributed by atoms with Crippen molar-refractivity contribution in [2.24, 2.45) is 23.2 Å². The number of rotatable bonds is 15. The summed E-state index contributed by atoms with van der Waals surface area (Å²) in [5.74, 6) is -0.486. The fourth-order valence-electron chi connectivity index (χ4n) is 4.69. The van der Waals surface area contributed by atoms with Crippen molar-refractivity contribution in [2.45, 2.75) is 110 Å². The largest absolute Gasteiger partial charge is 0.465 e. The predicted molar refractivity (Wildman–Crippen MR) is 129 cm³/mol. The topological polar surface area (TPSA) is 107 Å². The Bertz CT molecular complexity index is 698. The van der Waals surface area contributed by atoms with Crippen LogP contribution in [0.1, 0.15) is 105 Å². The lowest BCUT2D eigenvalue weighted by atomic mass is 9.72. The van der Waals surface area contributed by atoms with Crippen molar-refractivity contribution in [1.29, 1.82) is 0 Å². The maximum Gasteiger partial charge on any atom is 0.311 e. The summed E-state index contributed by atoms with van der Waals surface area (Å²) in [6.07, 6.45) is 7.32. The van der Waals surface area contributed by atoms with Gasteiger partial charge in [-0.3, -0.25) is 14.1 Å². The van der Waals surface area contributed by atoms with E-state index in [0.717, 1.165) is 25.7 Å². The quantitative estimate of drug-likeness (QED) is 0.182. The zero-order valence-electron chi connectivity index (χ0n) is 21.3. The van der Waals surface area contributed by atoms with Gasteiger partial charge in [-0.1, -0.05) is 40.5 Å². The van der Waals surface area contributed by atoms with Crippen LogP contribution in [0.25, 0.3) is 0 Å². The molecule has 1 fully saturated rings. The highest BCUT2D eigenvalue weighted by atomic mass is 32.2. The van der Waals surface area contributed by atoms with E-state index in [1.54, 1.807) is 0 Å². The van der Waals surface area contributed by atoms with Gasteiger partial charge in [0.25, 0.3) is 10.1 Å². The summed E-state index contributed by atoms with van der Waals surface area (Å²) in [6, 6.07) is 0. The molecule has 0 amide bonds. The average molecular weight is 491 g/mol. The Morgan fingerprint density at radius 1 is 1.00 bits per heavy atom. The van der Waals surface area contributed by atoms with Gasteiger partial charge in [0.1, 0.15) is 0 Å². The zero-order chi connectivity index (χ0) is 25.1. The highest BCUT2D eigenvalue weighted by Gasteiger charge is 2.40. The smallest absolute Gasteiger partial charge is 0.311 e. The molecule has 0 radical (unpaired) electrons. The van der Waals surface area contributed by atoms with Gasteiger partial charge in [-0.25, -0.2) is 0 Å². The second-order valence-electron chi connectivity index (χ2n) is 10.1. The van der Waals surface area contributed by atoms with E-state index in [-0.39, 0.29) is 23.8 Å². The van der Waals surface area contributed by atoms with Crippen molar-refractivity contribution < 1.29 is 32.0 Å². The number of carbonyl (C=O) groups excluding carboxylic acids is 2. The third-order valence-electron chi connectivity index (χ3n) is 7.38. The van der Waals surface area contributed by atoms with Gasteiger partial charge in [0.15, 0.2) is 0 Å². The number of esters is 2. The number of ether oxygens (including phenoxy) is 2. The van der Waals surface area contributed by atoms with Crippen LogP contribution in [0.4, 0.5) is 0 Å². The summed E-state index contributed by atoms with van der Waals surface area (Å²) in [5, 5.41) is -0.683. The minimum atomic E-state index is -4.00. The normalized spacial score (nSPS) is 22.7. The summed E-state index contributed by atoms with van der Waals surface area (Å²) < 4.78 is 43.3. The van der Waals surface area contributed by atoms with Crippen molar-refractivity contribution in [2.75, 3.05) is 13.2 Å². The molecule has 8 heteroatoms. The van der Waals surface area contributed by atoms with Gasteiger partial charge >= 0.3 is 11.9 Å². The molecular formula is C25H46O7S. The van der Waals surface area contributed by atoms with Crippen LogP contribution in [-0.4, -0.2) is 43.4 Å². The van der Waals surface area contributed by atoms with Crippen LogP contribution >= 0.6 is 0 Å². The van der Waals surface area contributed by atoms with Crippen molar-refractivity contribution >= 4 is 22.1 Å². The van der Waals surface area contributed by atoms with Crippen LogP contribution in [0.15, 0.2) is 0 Å². The Kier molecular flexibility index (Phi) is 12.9. The number of carbonyl (C=O) groups is 2. The van der Waals surface area contributed by atoms with Crippen LogP contribution in [-0.2, 0) is 29.2 Å². The molecule has 1 saturated carbocycles. The predicted octanol–water partition coefficient (Wildman–Crippen LogP) is 5.57. The fraction of sp³-hybridized carbons (Fsp3) is 0.920. The molecular weight excluding hydrogens is 444 g/mol. The van der Waals surface area contributed by atoms with Crippen LogP contribution < -0.4 is 0 Å². The zero-order valence-corrected chi connectivity index (χ0v) is 22.1. The number of hydrogen-bond donors (Lipinski definition) is 1. The van der Waals surface area contributed by atoms with Gasteiger partial charge in [0.05, 0.1) is 29.8 Å². The average Bonchev–Trinajstić information content (AvgIpc) is 2.78. The van der Waals surface area contributed by atoms with Gasteiger partial charge in [-0.05, 0) is 76.5 Å². The lowest BCUT2D eigenvalue weighted by Crippen LogP contribution is -2.36. The van der Waals surface area contributed by atoms with E-state index >= 15 is 0 Å². The van der Waals surface area contributed by atoms with Gasteiger partial charge in [0.2, 0.25) is 0 Å². The summed E-state index contributed by atoms with van der Waals surface area (Å²) in [5.41, 5.74) is -0.759. The molecule has 33 heavy (non-hydrogen) atoms. The minimum Gasteiger partial charge on any atom is -0.465 e. The molecule has 1 aliphatic carbocycles. The molecule has 1 rings (SSSR count). The molecule has 3 atom stereocenters. The van der Waals surface area contributed by atoms with E-state index < -0.39 is 26.7 Å². The van der Waals surface area contributed by atoms with Gasteiger partial charge in [-0.15, -0.1) is 0 Å². The lowest BCUT2D eigenvalue weighted by Gasteiger charge is -2.34. The highest BCUT2D eigenvalue weighted by Crippen LogP contribution is 2.39. The first-order valence-electron chi connectivity index (χ1n) is 12.8. The third-order valence-corrected chi connectivity index (χ3v) is 8.69. The summed E-state index contributed by atoms with van der Waals surface area (Å²) in [7, 11) is -4.00. The molecule has 0 aliphatic heterocycles. The number of unbranched alkanes of at least 4 members (excludes halogenated alkanes) is 2. The molecule has 0 aromatic rings. The second-order valence-corrected chi connectivity index (χ2v) is 11.8. The summed E-state index contributed by atoms with van der Waals surface area (Å²) in [6.45, 7) is 10.8. The Balaban J connectivity index is 2.88. The standard InChI is InChI=1S/C25H46O7S/c1-6-9-15-31-23(26)21(18-25(5,8-3)24(27)32-16-10-7-2)17-19(4)20-11-13-22(14-12-20)33(28,29)30/h19-22H,6-18H2,1-5H3,(H,28,29,30). The van der Waals surface area contributed by atoms with Gasteiger partial charge in [0, 0.05) is 0 Å². The first-order chi connectivity index (χ1) is 15.5. The molecule has 0 bridgehead atoms. The van der Waals surface area contributed by atoms with E-state index in [0.29, 0.717) is 58.2 Å². The van der Waals surface area contributed by atoms with Crippen molar-refractivity contribution in [1.82, 2.24) is 0 Å². The van der Waals surface area contributed by atoms with Crippen LogP contribution in [0.5, 0.6) is 0 Å². The van der Waals surface area contributed by atoms with Crippen LogP contribution in [0, 0.1) is 23.2 Å². The third kappa shape index (κ3) is 9.93. The maximum absolute atomic E-state index is 13.0. The maximum atomic E-state index is 13.0. The Morgan fingerprint density at radius 3 is 2.03 bits per heavy atom. The van der Waals surface area contributed by atoms with Gasteiger partial charge < -0.3 is 9.47 Å². The molecule has 7 nitrogen and oxygen atoms in total. The monoisotopic (exact) mass is 490 g/mol. The van der Waals surface area contributed by atoms with Crippen molar-refractivity contribution in [3.8, 4) is 0 Å². The van der Waals surface area contributed by atoms with E-state index in [4.69, 9.17) is 9.47 Å². The van der Waals surface area contributed by atoms with Crippen molar-refractivity contribution in [3.63, 3.8) is 0 Å². The molecule has 3 unspecified atom stereocenters. The van der Waals surface area contributed by atoms with Crippen LogP contribution in [0.2, 0.25) is 0 Å². The first-order valence-corrected chi connectivity index (χ1v) is 14.3. The Morgan fingerprint density at radius 2 is 1.55 bits per heavy atom. The second kappa shape index (κ2) is 14.3. The molecule has 0 heterocycles. The van der Waals surface area contributed by atoms with E-state index in [1.165, 1.54) is 0 Å².